The fourth-order valence-corrected chi connectivity index (χ4v) is 4.33. The lowest BCUT2D eigenvalue weighted by molar-refractivity contribution is -0.137. The minimum absolute atomic E-state index is 0.115. The Hall–Kier alpha value is -3.52. The monoisotopic (exact) mass is 576 g/mol. The maximum atomic E-state index is 13.0. The minimum atomic E-state index is -4.50. The number of hydrogen-bond donors (Lipinski definition) is 1. The van der Waals surface area contributed by atoms with Gasteiger partial charge in [0, 0.05) is 22.4 Å². The van der Waals surface area contributed by atoms with Crippen LogP contribution in [-0.4, -0.2) is 13.0 Å². The molecule has 1 N–H and O–H groups in total. The van der Waals surface area contributed by atoms with Gasteiger partial charge in [0.25, 0.3) is 5.91 Å². The van der Waals surface area contributed by atoms with Gasteiger partial charge in [-0.05, 0) is 64.6 Å². The summed E-state index contributed by atoms with van der Waals surface area (Å²) in [5.41, 5.74) is 1.78. The van der Waals surface area contributed by atoms with Gasteiger partial charge in [-0.25, -0.2) is 0 Å². The van der Waals surface area contributed by atoms with E-state index in [0.717, 1.165) is 17.7 Å². The number of rotatable bonds is 5. The highest BCUT2D eigenvalue weighted by Crippen LogP contribution is 2.40. The van der Waals surface area contributed by atoms with Gasteiger partial charge < -0.3 is 14.8 Å². The van der Waals surface area contributed by atoms with Crippen molar-refractivity contribution < 1.29 is 27.4 Å². The molecule has 0 aliphatic carbocycles. The molecule has 4 rings (SSSR count). The Balaban J connectivity index is 1.65. The molecule has 1 amide bonds. The lowest BCUT2D eigenvalue weighted by atomic mass is 10.0. The molecule has 0 saturated heterocycles. The van der Waals surface area contributed by atoms with Gasteiger partial charge in [-0.2, -0.15) is 18.4 Å². The highest BCUT2D eigenvalue weighted by Gasteiger charge is 2.33. The molecule has 0 unspecified atom stereocenters. The molecule has 0 fully saturated rings. The molecular formula is C25H16F3IN2O3. The summed E-state index contributed by atoms with van der Waals surface area (Å²) in [6.07, 6.45) is -2.91. The number of carbonyl (C=O) groups is 1. The molecule has 1 aliphatic rings. The van der Waals surface area contributed by atoms with Crippen molar-refractivity contribution in [3.63, 3.8) is 0 Å². The number of nitrogens with one attached hydrogen (secondary N) is 1. The van der Waals surface area contributed by atoms with Crippen molar-refractivity contribution in [3.8, 4) is 17.6 Å². The number of ether oxygens (including phenoxy) is 2. The Labute approximate surface area is 206 Å². The standard InChI is InChI=1S/C25H16F3IN2O3/c1-33-22-10-14(9-20(29)23(22)34-13-16-5-3-2-4-15(16)12-30)8-19-18-7-6-17(25(26,27)28)11-21(18)31-24(19)32/h2-11H,13H2,1H3,(H,31,32)/b19-8-. The largest absolute Gasteiger partial charge is 0.493 e. The summed E-state index contributed by atoms with van der Waals surface area (Å²) >= 11 is 2.08. The van der Waals surface area contributed by atoms with Gasteiger partial charge in [0.2, 0.25) is 0 Å². The van der Waals surface area contributed by atoms with Crippen LogP contribution in [0.25, 0.3) is 11.6 Å². The second-order valence-corrected chi connectivity index (χ2v) is 8.52. The van der Waals surface area contributed by atoms with Gasteiger partial charge in [0.15, 0.2) is 11.5 Å². The topological polar surface area (TPSA) is 71.3 Å². The van der Waals surface area contributed by atoms with Crippen molar-refractivity contribution >= 4 is 45.8 Å². The fraction of sp³-hybridized carbons (Fsp3) is 0.120. The van der Waals surface area contributed by atoms with Crippen molar-refractivity contribution in [2.45, 2.75) is 12.8 Å². The third-order valence-corrected chi connectivity index (χ3v) is 6.00. The van der Waals surface area contributed by atoms with Gasteiger partial charge in [0.1, 0.15) is 6.61 Å². The van der Waals surface area contributed by atoms with E-state index >= 15 is 0 Å². The Bertz CT molecular complexity index is 1360. The zero-order chi connectivity index (χ0) is 24.5. The van der Waals surface area contributed by atoms with Gasteiger partial charge in [0.05, 0.1) is 27.9 Å². The van der Waals surface area contributed by atoms with Crippen molar-refractivity contribution in [1.82, 2.24) is 0 Å². The summed E-state index contributed by atoms with van der Waals surface area (Å²) < 4.78 is 51.1. The average molecular weight is 576 g/mol. The average Bonchev–Trinajstić information content (AvgIpc) is 3.11. The number of methoxy groups -OCH3 is 1. The summed E-state index contributed by atoms with van der Waals surface area (Å²) in [6, 6.07) is 15.8. The predicted octanol–water partition coefficient (Wildman–Crippen LogP) is 6.26. The molecule has 1 heterocycles. The lowest BCUT2D eigenvalue weighted by Crippen LogP contribution is -2.06. The molecule has 0 spiro atoms. The van der Waals surface area contributed by atoms with Crippen LogP contribution in [0.4, 0.5) is 18.9 Å². The molecule has 3 aromatic carbocycles. The molecular weight excluding hydrogens is 560 g/mol. The minimum Gasteiger partial charge on any atom is -0.493 e. The number of amides is 1. The smallest absolute Gasteiger partial charge is 0.416 e. The van der Waals surface area contributed by atoms with Gasteiger partial charge in [-0.15, -0.1) is 0 Å². The molecule has 0 radical (unpaired) electrons. The molecule has 34 heavy (non-hydrogen) atoms. The quantitative estimate of drug-likeness (QED) is 0.288. The number of hydrogen-bond acceptors (Lipinski definition) is 4. The van der Waals surface area contributed by atoms with E-state index in [0.29, 0.717) is 31.8 Å². The Morgan fingerprint density at radius 3 is 2.62 bits per heavy atom. The van der Waals surface area contributed by atoms with Crippen LogP contribution >= 0.6 is 22.6 Å². The Kier molecular flexibility index (Phi) is 6.52. The van der Waals surface area contributed by atoms with Crippen molar-refractivity contribution in [1.29, 1.82) is 5.26 Å². The number of fused-ring (bicyclic) bond motifs is 1. The highest BCUT2D eigenvalue weighted by molar-refractivity contribution is 14.1. The number of carbonyl (C=O) groups excluding carboxylic acids is 1. The van der Waals surface area contributed by atoms with Crippen LogP contribution in [0.1, 0.15) is 27.8 Å². The van der Waals surface area contributed by atoms with Crippen LogP contribution in [0.3, 0.4) is 0 Å². The Morgan fingerprint density at radius 2 is 1.91 bits per heavy atom. The van der Waals surface area contributed by atoms with Crippen molar-refractivity contribution in [3.05, 3.63) is 86.0 Å². The number of nitriles is 1. The van der Waals surface area contributed by atoms with Gasteiger partial charge >= 0.3 is 6.18 Å². The van der Waals surface area contributed by atoms with E-state index in [9.17, 15) is 23.2 Å². The first-order chi connectivity index (χ1) is 16.2. The summed E-state index contributed by atoms with van der Waals surface area (Å²) in [7, 11) is 1.48. The summed E-state index contributed by atoms with van der Waals surface area (Å²) in [5.74, 6) is 0.403. The second kappa shape index (κ2) is 9.38. The van der Waals surface area contributed by atoms with E-state index in [4.69, 9.17) is 9.47 Å². The molecule has 1 aliphatic heterocycles. The van der Waals surface area contributed by atoms with E-state index in [1.165, 1.54) is 13.2 Å². The molecule has 5 nitrogen and oxygen atoms in total. The normalized spacial score (nSPS) is 13.9. The van der Waals surface area contributed by atoms with Crippen molar-refractivity contribution in [2.24, 2.45) is 0 Å². The zero-order valence-corrected chi connectivity index (χ0v) is 19.8. The maximum absolute atomic E-state index is 13.0. The molecule has 9 heteroatoms. The van der Waals surface area contributed by atoms with E-state index < -0.39 is 17.6 Å². The van der Waals surface area contributed by atoms with E-state index in [-0.39, 0.29) is 17.9 Å². The molecule has 0 aromatic heterocycles. The SMILES string of the molecule is COc1cc(/C=C2\C(=O)Nc3cc(C(F)(F)F)ccc32)cc(I)c1OCc1ccccc1C#N. The van der Waals surface area contributed by atoms with Crippen LogP contribution in [0, 0.1) is 14.9 Å². The first-order valence-corrected chi connectivity index (χ1v) is 11.0. The van der Waals surface area contributed by atoms with E-state index in [1.54, 1.807) is 36.4 Å². The number of anilines is 1. The second-order valence-electron chi connectivity index (χ2n) is 7.36. The highest BCUT2D eigenvalue weighted by atomic mass is 127. The predicted molar refractivity (Wildman–Crippen MR) is 129 cm³/mol. The molecule has 172 valence electrons. The zero-order valence-electron chi connectivity index (χ0n) is 17.7. The van der Waals surface area contributed by atoms with Crippen LogP contribution < -0.4 is 14.8 Å². The summed E-state index contributed by atoms with van der Waals surface area (Å²) in [4.78, 5) is 12.5. The summed E-state index contributed by atoms with van der Waals surface area (Å²) in [6.45, 7) is 0.161. The first-order valence-electron chi connectivity index (χ1n) is 9.94. The van der Waals surface area contributed by atoms with Crippen LogP contribution in [0.15, 0.2) is 54.6 Å². The van der Waals surface area contributed by atoms with Gasteiger partial charge in [-0.3, -0.25) is 4.79 Å². The molecule has 0 atom stereocenters. The number of nitrogens with zero attached hydrogens (tertiary/aromatic N) is 1. The number of benzene rings is 3. The molecule has 0 bridgehead atoms. The maximum Gasteiger partial charge on any atom is 0.416 e. The van der Waals surface area contributed by atoms with Crippen LogP contribution in [0.5, 0.6) is 11.5 Å². The molecule has 3 aromatic rings. The lowest BCUT2D eigenvalue weighted by Gasteiger charge is -2.14. The number of halogens is 4. The molecule has 0 saturated carbocycles. The van der Waals surface area contributed by atoms with E-state index in [1.807, 2.05) is 6.07 Å². The number of alkyl halides is 3. The Morgan fingerprint density at radius 1 is 1.15 bits per heavy atom. The van der Waals surface area contributed by atoms with E-state index in [2.05, 4.69) is 34.0 Å². The van der Waals surface area contributed by atoms with Crippen molar-refractivity contribution in [2.75, 3.05) is 12.4 Å². The van der Waals surface area contributed by atoms with Gasteiger partial charge in [-0.1, -0.05) is 24.3 Å². The third kappa shape index (κ3) is 4.72. The first kappa shape index (κ1) is 23.6. The van der Waals surface area contributed by atoms with Crippen LogP contribution in [0.2, 0.25) is 0 Å². The fourth-order valence-electron chi connectivity index (χ4n) is 3.55. The third-order valence-electron chi connectivity index (χ3n) is 5.20. The summed E-state index contributed by atoms with van der Waals surface area (Å²) in [5, 5.41) is 11.8. The van der Waals surface area contributed by atoms with Crippen LogP contribution in [-0.2, 0) is 17.6 Å².